The molecular formula is C13H16N2O3. The van der Waals surface area contributed by atoms with E-state index in [0.29, 0.717) is 5.69 Å². The summed E-state index contributed by atoms with van der Waals surface area (Å²) in [5.41, 5.74) is 0.421. The molecule has 1 fully saturated rings. The van der Waals surface area contributed by atoms with Gasteiger partial charge in [0.15, 0.2) is 0 Å². The highest BCUT2D eigenvalue weighted by atomic mass is 16.4. The second kappa shape index (κ2) is 5.62. The van der Waals surface area contributed by atoms with Crippen LogP contribution in [0.25, 0.3) is 0 Å². The topological polar surface area (TPSA) is 70.5 Å². The summed E-state index contributed by atoms with van der Waals surface area (Å²) in [7, 11) is 0. The zero-order valence-electron chi connectivity index (χ0n) is 10.1. The van der Waals surface area contributed by atoms with E-state index < -0.39 is 5.97 Å². The lowest BCUT2D eigenvalue weighted by Crippen LogP contribution is -2.32. The van der Waals surface area contributed by atoms with Gasteiger partial charge in [-0.05, 0) is 25.0 Å². The molecule has 0 radical (unpaired) electrons. The molecule has 0 spiro atoms. The molecule has 1 amide bonds. The number of nitrogens with zero attached hydrogens (tertiary/aromatic N) is 2. The molecule has 0 aliphatic carbocycles. The van der Waals surface area contributed by atoms with Gasteiger partial charge in [-0.2, -0.15) is 0 Å². The van der Waals surface area contributed by atoms with Crippen molar-refractivity contribution in [1.82, 2.24) is 9.88 Å². The SMILES string of the molecule is O=C(O)c1ccc(C(=O)N2CCCCCC2)nc1. The Morgan fingerprint density at radius 2 is 1.78 bits per heavy atom. The number of carbonyl (C=O) groups is 2. The van der Waals surface area contributed by atoms with Gasteiger partial charge in [0.25, 0.3) is 5.91 Å². The molecule has 5 heteroatoms. The molecule has 1 N–H and O–H groups in total. The molecule has 0 bridgehead atoms. The van der Waals surface area contributed by atoms with Crippen LogP contribution in [-0.4, -0.2) is 40.0 Å². The molecular weight excluding hydrogens is 232 g/mol. The quantitative estimate of drug-likeness (QED) is 0.866. The molecule has 1 aromatic rings. The van der Waals surface area contributed by atoms with Crippen molar-refractivity contribution in [3.8, 4) is 0 Å². The number of carbonyl (C=O) groups excluding carboxylic acids is 1. The van der Waals surface area contributed by atoms with E-state index in [4.69, 9.17) is 5.11 Å². The minimum Gasteiger partial charge on any atom is -0.478 e. The summed E-state index contributed by atoms with van der Waals surface area (Å²) in [6, 6.07) is 2.90. The van der Waals surface area contributed by atoms with Crippen molar-refractivity contribution in [2.75, 3.05) is 13.1 Å². The third kappa shape index (κ3) is 2.85. The number of carboxylic acids is 1. The Hall–Kier alpha value is -1.91. The minimum absolute atomic E-state index is 0.0995. The first kappa shape index (κ1) is 12.5. The molecule has 1 aliphatic rings. The third-order valence-corrected chi connectivity index (χ3v) is 3.12. The van der Waals surface area contributed by atoms with Crippen LogP contribution >= 0.6 is 0 Å². The van der Waals surface area contributed by atoms with Crippen LogP contribution in [0.4, 0.5) is 0 Å². The lowest BCUT2D eigenvalue weighted by atomic mass is 10.2. The molecule has 2 rings (SSSR count). The zero-order valence-corrected chi connectivity index (χ0v) is 10.1. The molecule has 1 aliphatic heterocycles. The molecule has 1 saturated heterocycles. The summed E-state index contributed by atoms with van der Waals surface area (Å²) in [5.74, 6) is -1.13. The number of aromatic carboxylic acids is 1. The fourth-order valence-electron chi connectivity index (χ4n) is 2.08. The number of pyridine rings is 1. The average molecular weight is 248 g/mol. The van der Waals surface area contributed by atoms with Gasteiger partial charge in [0.05, 0.1) is 5.56 Å². The Balaban J connectivity index is 2.10. The lowest BCUT2D eigenvalue weighted by Gasteiger charge is -2.19. The van der Waals surface area contributed by atoms with E-state index >= 15 is 0 Å². The Kier molecular flexibility index (Phi) is 3.92. The van der Waals surface area contributed by atoms with Crippen LogP contribution in [-0.2, 0) is 0 Å². The monoisotopic (exact) mass is 248 g/mol. The van der Waals surface area contributed by atoms with Crippen molar-refractivity contribution >= 4 is 11.9 Å². The molecule has 5 nitrogen and oxygen atoms in total. The molecule has 2 heterocycles. The van der Waals surface area contributed by atoms with Crippen LogP contribution < -0.4 is 0 Å². The average Bonchev–Trinajstić information content (AvgIpc) is 2.67. The van der Waals surface area contributed by atoms with Crippen molar-refractivity contribution in [2.45, 2.75) is 25.7 Å². The van der Waals surface area contributed by atoms with E-state index in [-0.39, 0.29) is 11.5 Å². The summed E-state index contributed by atoms with van der Waals surface area (Å²) in [6.07, 6.45) is 5.61. The van der Waals surface area contributed by atoms with Crippen molar-refractivity contribution < 1.29 is 14.7 Å². The van der Waals surface area contributed by atoms with Gasteiger partial charge in [-0.1, -0.05) is 12.8 Å². The predicted octanol–water partition coefficient (Wildman–Crippen LogP) is 1.80. The van der Waals surface area contributed by atoms with E-state index in [2.05, 4.69) is 4.98 Å². The van der Waals surface area contributed by atoms with Gasteiger partial charge >= 0.3 is 5.97 Å². The van der Waals surface area contributed by atoms with Crippen LogP contribution in [0.1, 0.15) is 46.5 Å². The number of carboxylic acid groups (broad SMARTS) is 1. The lowest BCUT2D eigenvalue weighted by molar-refractivity contribution is 0.0692. The maximum atomic E-state index is 12.1. The first-order valence-electron chi connectivity index (χ1n) is 6.17. The second-order valence-corrected chi connectivity index (χ2v) is 4.44. The van der Waals surface area contributed by atoms with Gasteiger partial charge in [0.1, 0.15) is 5.69 Å². The van der Waals surface area contributed by atoms with Gasteiger partial charge in [0.2, 0.25) is 0 Å². The van der Waals surface area contributed by atoms with Crippen LogP contribution in [0.15, 0.2) is 18.3 Å². The molecule has 0 aromatic carbocycles. The van der Waals surface area contributed by atoms with Crippen molar-refractivity contribution in [1.29, 1.82) is 0 Å². The standard InChI is InChI=1S/C13H16N2O3/c16-12(15-7-3-1-2-4-8-15)11-6-5-10(9-14-11)13(17)18/h5-6,9H,1-4,7-8H2,(H,17,18). The van der Waals surface area contributed by atoms with Gasteiger partial charge in [-0.15, -0.1) is 0 Å². The maximum Gasteiger partial charge on any atom is 0.337 e. The number of hydrogen-bond acceptors (Lipinski definition) is 3. The van der Waals surface area contributed by atoms with E-state index in [1.807, 2.05) is 0 Å². The van der Waals surface area contributed by atoms with Gasteiger partial charge in [-0.25, -0.2) is 4.79 Å². The van der Waals surface area contributed by atoms with E-state index in [9.17, 15) is 9.59 Å². The van der Waals surface area contributed by atoms with Gasteiger partial charge in [-0.3, -0.25) is 9.78 Å². The summed E-state index contributed by atoms with van der Waals surface area (Å²) < 4.78 is 0. The highest BCUT2D eigenvalue weighted by Gasteiger charge is 2.18. The number of aromatic nitrogens is 1. The molecule has 0 unspecified atom stereocenters. The molecule has 0 atom stereocenters. The molecule has 0 saturated carbocycles. The normalized spacial score (nSPS) is 16.1. The van der Waals surface area contributed by atoms with Crippen molar-refractivity contribution in [2.24, 2.45) is 0 Å². The Morgan fingerprint density at radius 3 is 2.28 bits per heavy atom. The van der Waals surface area contributed by atoms with Crippen molar-refractivity contribution in [3.05, 3.63) is 29.6 Å². The summed E-state index contributed by atoms with van der Waals surface area (Å²) in [4.78, 5) is 28.6. The fourth-order valence-corrected chi connectivity index (χ4v) is 2.08. The summed E-state index contributed by atoms with van der Waals surface area (Å²) in [5, 5.41) is 8.76. The van der Waals surface area contributed by atoms with Crippen LogP contribution in [0.5, 0.6) is 0 Å². The fraction of sp³-hybridized carbons (Fsp3) is 0.462. The Bertz CT molecular complexity index is 434. The number of rotatable bonds is 2. The smallest absolute Gasteiger partial charge is 0.337 e. The van der Waals surface area contributed by atoms with Gasteiger partial charge in [0, 0.05) is 19.3 Å². The summed E-state index contributed by atoms with van der Waals surface area (Å²) in [6.45, 7) is 1.53. The maximum absolute atomic E-state index is 12.1. The first-order chi connectivity index (χ1) is 8.68. The van der Waals surface area contributed by atoms with E-state index in [0.717, 1.165) is 38.8 Å². The molecule has 96 valence electrons. The van der Waals surface area contributed by atoms with Crippen LogP contribution in [0, 0.1) is 0 Å². The first-order valence-corrected chi connectivity index (χ1v) is 6.17. The van der Waals surface area contributed by atoms with E-state index in [1.165, 1.54) is 18.3 Å². The Labute approximate surface area is 105 Å². The predicted molar refractivity (Wildman–Crippen MR) is 65.6 cm³/mol. The van der Waals surface area contributed by atoms with E-state index in [1.54, 1.807) is 4.90 Å². The summed E-state index contributed by atoms with van der Waals surface area (Å²) >= 11 is 0. The minimum atomic E-state index is -1.03. The highest BCUT2D eigenvalue weighted by Crippen LogP contribution is 2.12. The highest BCUT2D eigenvalue weighted by molar-refractivity contribution is 5.93. The van der Waals surface area contributed by atoms with Crippen LogP contribution in [0.3, 0.4) is 0 Å². The largest absolute Gasteiger partial charge is 0.478 e. The van der Waals surface area contributed by atoms with Crippen LogP contribution in [0.2, 0.25) is 0 Å². The van der Waals surface area contributed by atoms with Gasteiger partial charge < -0.3 is 10.0 Å². The number of amides is 1. The number of hydrogen-bond donors (Lipinski definition) is 1. The Morgan fingerprint density at radius 1 is 1.11 bits per heavy atom. The van der Waals surface area contributed by atoms with Crippen molar-refractivity contribution in [3.63, 3.8) is 0 Å². The zero-order chi connectivity index (χ0) is 13.0. The molecule has 18 heavy (non-hydrogen) atoms. The number of likely N-dealkylation sites (tertiary alicyclic amines) is 1. The molecule has 1 aromatic heterocycles. The second-order valence-electron chi connectivity index (χ2n) is 4.44. The third-order valence-electron chi connectivity index (χ3n) is 3.12.